The van der Waals surface area contributed by atoms with Crippen LogP contribution in [0.15, 0.2) is 18.2 Å². The predicted octanol–water partition coefficient (Wildman–Crippen LogP) is 0.963. The van der Waals surface area contributed by atoms with E-state index in [1.54, 1.807) is 6.92 Å². The van der Waals surface area contributed by atoms with Crippen LogP contribution in [0.2, 0.25) is 0 Å². The summed E-state index contributed by atoms with van der Waals surface area (Å²) in [6.07, 6.45) is -0.322. The van der Waals surface area contributed by atoms with Gasteiger partial charge in [-0.1, -0.05) is 0 Å². The lowest BCUT2D eigenvalue weighted by atomic mass is 9.95. The number of hydrogen-bond donors (Lipinski definition) is 2. The molecule has 1 rings (SSSR count). The number of methoxy groups -OCH3 is 1. The second kappa shape index (κ2) is 6.40. The highest BCUT2D eigenvalue weighted by atomic mass is 16.6. The van der Waals surface area contributed by atoms with Gasteiger partial charge in [-0.05, 0) is 19.9 Å². The Morgan fingerprint density at radius 2 is 2.10 bits per heavy atom. The molecule has 1 aromatic carbocycles. The Bertz CT molecular complexity index is 545. The van der Waals surface area contributed by atoms with Crippen molar-refractivity contribution in [1.82, 2.24) is 0 Å². The van der Waals surface area contributed by atoms with Crippen LogP contribution in [0.3, 0.4) is 0 Å². The monoisotopic (exact) mass is 297 g/mol. The molecule has 0 saturated heterocycles. The van der Waals surface area contributed by atoms with Crippen LogP contribution in [-0.2, 0) is 4.79 Å². The van der Waals surface area contributed by atoms with Gasteiger partial charge in [0.15, 0.2) is 11.5 Å². The van der Waals surface area contributed by atoms with Crippen LogP contribution in [0, 0.1) is 10.1 Å². The van der Waals surface area contributed by atoms with Crippen LogP contribution in [0.1, 0.15) is 20.3 Å². The summed E-state index contributed by atoms with van der Waals surface area (Å²) in [5, 5.41) is 10.8. The molecule has 8 heteroatoms. The van der Waals surface area contributed by atoms with E-state index in [4.69, 9.17) is 20.9 Å². The van der Waals surface area contributed by atoms with Crippen LogP contribution in [-0.4, -0.2) is 29.6 Å². The fraction of sp³-hybridized carbons (Fsp3) is 0.462. The van der Waals surface area contributed by atoms with E-state index in [0.29, 0.717) is 5.75 Å². The van der Waals surface area contributed by atoms with Crippen LogP contribution >= 0.6 is 0 Å². The molecule has 0 saturated carbocycles. The summed E-state index contributed by atoms with van der Waals surface area (Å²) in [7, 11) is 1.43. The minimum atomic E-state index is -1.23. The number of benzene rings is 1. The molecule has 8 nitrogen and oxygen atoms in total. The van der Waals surface area contributed by atoms with Gasteiger partial charge in [0.1, 0.15) is 0 Å². The van der Waals surface area contributed by atoms with Crippen molar-refractivity contribution in [1.29, 1.82) is 0 Å². The van der Waals surface area contributed by atoms with Crippen LogP contribution < -0.4 is 20.9 Å². The average molecular weight is 297 g/mol. The van der Waals surface area contributed by atoms with Gasteiger partial charge in [0.2, 0.25) is 5.91 Å². The van der Waals surface area contributed by atoms with Crippen molar-refractivity contribution >= 4 is 11.6 Å². The number of nitrogens with two attached hydrogens (primary N) is 2. The van der Waals surface area contributed by atoms with E-state index in [1.807, 2.05) is 0 Å². The van der Waals surface area contributed by atoms with Crippen LogP contribution in [0.4, 0.5) is 5.69 Å². The summed E-state index contributed by atoms with van der Waals surface area (Å²) < 4.78 is 10.7. The van der Waals surface area contributed by atoms with Crippen molar-refractivity contribution < 1.29 is 19.2 Å². The molecule has 0 radical (unpaired) electrons. The largest absolute Gasteiger partial charge is 0.493 e. The molecule has 0 aliphatic heterocycles. The molecule has 0 aromatic heterocycles. The number of rotatable bonds is 7. The molecule has 1 aromatic rings. The Labute approximate surface area is 122 Å². The SMILES string of the molecule is COc1ccc([N+](=O)[O-])cc1OC(C)CC(C)(N)C(N)=O. The van der Waals surface area contributed by atoms with Gasteiger partial charge in [-0.3, -0.25) is 14.9 Å². The number of nitro groups is 1. The average Bonchev–Trinajstić information content (AvgIpc) is 2.37. The van der Waals surface area contributed by atoms with Crippen molar-refractivity contribution in [2.45, 2.75) is 31.9 Å². The lowest BCUT2D eigenvalue weighted by molar-refractivity contribution is -0.385. The Balaban J connectivity index is 2.93. The number of hydrogen-bond acceptors (Lipinski definition) is 6. The number of amides is 1. The first-order valence-electron chi connectivity index (χ1n) is 6.25. The van der Waals surface area contributed by atoms with Gasteiger partial charge in [-0.15, -0.1) is 0 Å². The van der Waals surface area contributed by atoms with Crippen LogP contribution in [0.5, 0.6) is 11.5 Å². The molecule has 1 amide bonds. The quantitative estimate of drug-likeness (QED) is 0.569. The molecule has 116 valence electrons. The van der Waals surface area contributed by atoms with Crippen molar-refractivity contribution in [2.24, 2.45) is 11.5 Å². The molecule has 21 heavy (non-hydrogen) atoms. The van der Waals surface area contributed by atoms with Gasteiger partial charge in [0.05, 0.1) is 29.7 Å². The number of carbonyl (C=O) groups is 1. The molecule has 0 aliphatic rings. The summed E-state index contributed by atoms with van der Waals surface area (Å²) in [5.74, 6) is -0.0892. The number of primary amides is 1. The predicted molar refractivity (Wildman–Crippen MR) is 76.1 cm³/mol. The van der Waals surface area contributed by atoms with Crippen LogP contribution in [0.25, 0.3) is 0 Å². The highest BCUT2D eigenvalue weighted by Gasteiger charge is 2.29. The fourth-order valence-electron chi connectivity index (χ4n) is 1.83. The van der Waals surface area contributed by atoms with Crippen molar-refractivity contribution in [3.05, 3.63) is 28.3 Å². The minimum absolute atomic E-state index is 0.122. The minimum Gasteiger partial charge on any atom is -0.493 e. The molecule has 0 heterocycles. The lowest BCUT2D eigenvalue weighted by Crippen LogP contribution is -2.51. The first kappa shape index (κ1) is 16.7. The lowest BCUT2D eigenvalue weighted by Gasteiger charge is -2.25. The standard InChI is InChI=1S/C13H19N3O5/c1-8(7-13(2,15)12(14)17)21-11-6-9(16(18)19)4-5-10(11)20-3/h4-6,8H,7,15H2,1-3H3,(H2,14,17). The van der Waals surface area contributed by atoms with E-state index in [1.165, 1.54) is 32.2 Å². The first-order chi connectivity index (χ1) is 9.67. The second-order valence-corrected chi connectivity index (χ2v) is 5.01. The fourth-order valence-corrected chi connectivity index (χ4v) is 1.83. The normalized spacial score (nSPS) is 14.9. The molecular weight excluding hydrogens is 278 g/mol. The Morgan fingerprint density at radius 1 is 1.48 bits per heavy atom. The Morgan fingerprint density at radius 3 is 2.57 bits per heavy atom. The number of nitrogens with zero attached hydrogens (tertiary/aromatic N) is 1. The third-order valence-corrected chi connectivity index (χ3v) is 2.96. The molecule has 0 spiro atoms. The smallest absolute Gasteiger partial charge is 0.273 e. The maximum absolute atomic E-state index is 11.2. The Hall–Kier alpha value is -2.35. The summed E-state index contributed by atoms with van der Waals surface area (Å²) in [5.41, 5.74) is 9.62. The summed E-state index contributed by atoms with van der Waals surface area (Å²) in [4.78, 5) is 21.5. The number of non-ortho nitro benzene ring substituents is 1. The number of carbonyl (C=O) groups excluding carboxylic acids is 1. The zero-order chi connectivity index (χ0) is 16.2. The van der Waals surface area contributed by atoms with Gasteiger partial charge < -0.3 is 20.9 Å². The van der Waals surface area contributed by atoms with Gasteiger partial charge in [0.25, 0.3) is 5.69 Å². The van der Waals surface area contributed by atoms with E-state index in [2.05, 4.69) is 0 Å². The summed E-state index contributed by atoms with van der Waals surface area (Å²) in [6, 6.07) is 4.01. The van der Waals surface area contributed by atoms with Crippen molar-refractivity contribution in [2.75, 3.05) is 7.11 Å². The third-order valence-electron chi connectivity index (χ3n) is 2.96. The molecule has 4 N–H and O–H groups in total. The van der Waals surface area contributed by atoms with Crippen molar-refractivity contribution in [3.8, 4) is 11.5 Å². The second-order valence-electron chi connectivity index (χ2n) is 5.01. The van der Waals surface area contributed by atoms with E-state index < -0.39 is 22.5 Å². The molecule has 0 aliphatic carbocycles. The Kier molecular flexibility index (Phi) is 5.09. The topological polar surface area (TPSA) is 131 Å². The summed E-state index contributed by atoms with van der Waals surface area (Å²) >= 11 is 0. The highest BCUT2D eigenvalue weighted by Crippen LogP contribution is 2.32. The molecule has 2 atom stereocenters. The molecular formula is C13H19N3O5. The highest BCUT2D eigenvalue weighted by molar-refractivity contribution is 5.83. The zero-order valence-corrected chi connectivity index (χ0v) is 12.2. The summed E-state index contributed by atoms with van der Waals surface area (Å²) in [6.45, 7) is 3.19. The van der Waals surface area contributed by atoms with E-state index in [0.717, 1.165) is 0 Å². The van der Waals surface area contributed by atoms with Gasteiger partial charge >= 0.3 is 0 Å². The maximum atomic E-state index is 11.2. The zero-order valence-electron chi connectivity index (χ0n) is 12.2. The number of ether oxygens (including phenoxy) is 2. The molecule has 0 bridgehead atoms. The molecule has 0 fully saturated rings. The third kappa shape index (κ3) is 4.32. The van der Waals surface area contributed by atoms with E-state index in [9.17, 15) is 14.9 Å². The molecule has 2 unspecified atom stereocenters. The van der Waals surface area contributed by atoms with E-state index in [-0.39, 0.29) is 17.9 Å². The maximum Gasteiger partial charge on any atom is 0.273 e. The number of nitro benzene ring substituents is 1. The van der Waals surface area contributed by atoms with Gasteiger partial charge in [-0.25, -0.2) is 0 Å². The van der Waals surface area contributed by atoms with Gasteiger partial charge in [-0.2, -0.15) is 0 Å². The van der Waals surface area contributed by atoms with Crippen molar-refractivity contribution in [3.63, 3.8) is 0 Å². The first-order valence-corrected chi connectivity index (χ1v) is 6.25. The van der Waals surface area contributed by atoms with E-state index >= 15 is 0 Å². The van der Waals surface area contributed by atoms with Gasteiger partial charge in [0, 0.05) is 12.5 Å².